The number of hydrogen-bond acceptors (Lipinski definition) is 2. The quantitative estimate of drug-likeness (QED) is 0.857. The standard InChI is InChI=1S/C15H16BrNS/c1-10-6-11(7-17-12-3-4-12)2-5-13(10)14-8-18-9-15(14)16/h2,5-6,8-9,12,17H,3-4,7H2,1H3. The van der Waals surface area contributed by atoms with E-state index in [2.05, 4.69) is 57.1 Å². The first kappa shape index (κ1) is 12.4. The van der Waals surface area contributed by atoms with Crippen LogP contribution in [0.25, 0.3) is 11.1 Å². The summed E-state index contributed by atoms with van der Waals surface area (Å²) in [4.78, 5) is 0. The van der Waals surface area contributed by atoms with Gasteiger partial charge in [0.2, 0.25) is 0 Å². The summed E-state index contributed by atoms with van der Waals surface area (Å²) >= 11 is 5.35. The number of hydrogen-bond donors (Lipinski definition) is 1. The molecule has 0 aliphatic heterocycles. The van der Waals surface area contributed by atoms with Crippen LogP contribution in [0.2, 0.25) is 0 Å². The second-order valence-electron chi connectivity index (χ2n) is 4.94. The summed E-state index contributed by atoms with van der Waals surface area (Å²) in [6, 6.07) is 7.55. The Bertz CT molecular complexity index is 557. The van der Waals surface area contributed by atoms with Crippen molar-refractivity contribution in [2.45, 2.75) is 32.4 Å². The number of halogens is 1. The fourth-order valence-corrected chi connectivity index (χ4v) is 3.67. The summed E-state index contributed by atoms with van der Waals surface area (Å²) in [5.74, 6) is 0. The Hall–Kier alpha value is -0.640. The molecule has 94 valence electrons. The largest absolute Gasteiger partial charge is 0.310 e. The summed E-state index contributed by atoms with van der Waals surface area (Å²) in [5.41, 5.74) is 5.37. The summed E-state index contributed by atoms with van der Waals surface area (Å²) in [5, 5.41) is 7.90. The molecule has 3 heteroatoms. The zero-order valence-corrected chi connectivity index (χ0v) is 12.8. The lowest BCUT2D eigenvalue weighted by atomic mass is 10.0. The molecule has 0 atom stereocenters. The number of rotatable bonds is 4. The van der Waals surface area contributed by atoms with Gasteiger partial charge in [0.25, 0.3) is 0 Å². The average Bonchev–Trinajstić information content (AvgIpc) is 3.09. The molecular formula is C15H16BrNS. The number of thiophene rings is 1. The van der Waals surface area contributed by atoms with Crippen molar-refractivity contribution >= 4 is 27.3 Å². The number of benzene rings is 1. The normalized spacial score (nSPS) is 15.0. The Kier molecular flexibility index (Phi) is 3.55. The van der Waals surface area contributed by atoms with Gasteiger partial charge in [0.1, 0.15) is 0 Å². The fraction of sp³-hybridized carbons (Fsp3) is 0.333. The first-order valence-electron chi connectivity index (χ1n) is 6.29. The highest BCUT2D eigenvalue weighted by Crippen LogP contribution is 2.34. The van der Waals surface area contributed by atoms with Crippen LogP contribution in [0, 0.1) is 6.92 Å². The van der Waals surface area contributed by atoms with Crippen LogP contribution in [0.1, 0.15) is 24.0 Å². The van der Waals surface area contributed by atoms with E-state index in [9.17, 15) is 0 Å². The van der Waals surface area contributed by atoms with Crippen LogP contribution in [-0.2, 0) is 6.54 Å². The summed E-state index contributed by atoms with van der Waals surface area (Å²) in [6.07, 6.45) is 2.69. The average molecular weight is 322 g/mol. The molecule has 0 unspecified atom stereocenters. The Morgan fingerprint density at radius 1 is 1.28 bits per heavy atom. The highest BCUT2D eigenvalue weighted by Gasteiger charge is 2.20. The topological polar surface area (TPSA) is 12.0 Å². The van der Waals surface area contributed by atoms with Gasteiger partial charge in [0.15, 0.2) is 0 Å². The molecule has 1 aromatic carbocycles. The first-order chi connectivity index (χ1) is 8.74. The molecule has 1 aliphatic rings. The van der Waals surface area contributed by atoms with E-state index in [1.165, 1.54) is 39.6 Å². The van der Waals surface area contributed by atoms with Gasteiger partial charge in [-0.15, -0.1) is 0 Å². The van der Waals surface area contributed by atoms with E-state index in [4.69, 9.17) is 0 Å². The lowest BCUT2D eigenvalue weighted by Crippen LogP contribution is -2.15. The lowest BCUT2D eigenvalue weighted by molar-refractivity contribution is 0.687. The van der Waals surface area contributed by atoms with Crippen LogP contribution in [0.5, 0.6) is 0 Å². The molecule has 0 radical (unpaired) electrons. The predicted molar refractivity (Wildman–Crippen MR) is 82.1 cm³/mol. The minimum Gasteiger partial charge on any atom is -0.310 e. The molecule has 1 nitrogen and oxygen atoms in total. The van der Waals surface area contributed by atoms with E-state index in [1.807, 2.05) is 0 Å². The van der Waals surface area contributed by atoms with Gasteiger partial charge in [0, 0.05) is 28.0 Å². The van der Waals surface area contributed by atoms with E-state index < -0.39 is 0 Å². The van der Waals surface area contributed by atoms with Crippen molar-refractivity contribution in [3.63, 3.8) is 0 Å². The van der Waals surface area contributed by atoms with E-state index in [1.54, 1.807) is 11.3 Å². The van der Waals surface area contributed by atoms with Crippen LogP contribution in [0.4, 0.5) is 0 Å². The smallest absolute Gasteiger partial charge is 0.0360 e. The Morgan fingerprint density at radius 2 is 2.11 bits per heavy atom. The minimum absolute atomic E-state index is 0.774. The molecular weight excluding hydrogens is 306 g/mol. The summed E-state index contributed by atoms with van der Waals surface area (Å²) < 4.78 is 1.19. The molecule has 1 heterocycles. The lowest BCUT2D eigenvalue weighted by Gasteiger charge is -2.09. The zero-order chi connectivity index (χ0) is 12.5. The predicted octanol–water partition coefficient (Wildman–Crippen LogP) is 4.74. The number of nitrogens with one attached hydrogen (secondary N) is 1. The highest BCUT2D eigenvalue weighted by molar-refractivity contribution is 9.10. The molecule has 1 aliphatic carbocycles. The van der Waals surface area contributed by atoms with Crippen molar-refractivity contribution in [2.24, 2.45) is 0 Å². The van der Waals surface area contributed by atoms with Gasteiger partial charge < -0.3 is 5.32 Å². The summed E-state index contributed by atoms with van der Waals surface area (Å²) in [6.45, 7) is 3.19. The third kappa shape index (κ3) is 2.68. The minimum atomic E-state index is 0.774. The van der Waals surface area contributed by atoms with E-state index >= 15 is 0 Å². The van der Waals surface area contributed by atoms with Crippen LogP contribution < -0.4 is 5.32 Å². The third-order valence-electron chi connectivity index (χ3n) is 3.37. The van der Waals surface area contributed by atoms with Gasteiger partial charge >= 0.3 is 0 Å². The number of aryl methyl sites for hydroxylation is 1. The van der Waals surface area contributed by atoms with Gasteiger partial charge in [0.05, 0.1) is 0 Å². The van der Waals surface area contributed by atoms with Crippen LogP contribution in [0.3, 0.4) is 0 Å². The zero-order valence-electron chi connectivity index (χ0n) is 10.4. The molecule has 1 aromatic heterocycles. The molecule has 1 saturated carbocycles. The van der Waals surface area contributed by atoms with Gasteiger partial charge in [-0.2, -0.15) is 11.3 Å². The molecule has 1 fully saturated rings. The van der Waals surface area contributed by atoms with Gasteiger partial charge in [-0.25, -0.2) is 0 Å². The Morgan fingerprint density at radius 3 is 2.72 bits per heavy atom. The highest BCUT2D eigenvalue weighted by atomic mass is 79.9. The molecule has 0 bridgehead atoms. The van der Waals surface area contributed by atoms with E-state index in [0.717, 1.165) is 12.6 Å². The van der Waals surface area contributed by atoms with Crippen molar-refractivity contribution in [3.8, 4) is 11.1 Å². The maximum absolute atomic E-state index is 3.61. The van der Waals surface area contributed by atoms with Gasteiger partial charge in [-0.05, 0) is 57.8 Å². The van der Waals surface area contributed by atoms with Crippen LogP contribution in [0.15, 0.2) is 33.4 Å². The second-order valence-corrected chi connectivity index (χ2v) is 6.54. The fourth-order valence-electron chi connectivity index (χ4n) is 2.16. The molecule has 0 amide bonds. The Labute approximate surface area is 120 Å². The van der Waals surface area contributed by atoms with Gasteiger partial charge in [-0.1, -0.05) is 18.2 Å². The maximum Gasteiger partial charge on any atom is 0.0360 e. The van der Waals surface area contributed by atoms with Crippen LogP contribution >= 0.6 is 27.3 Å². The van der Waals surface area contributed by atoms with Crippen molar-refractivity contribution in [1.29, 1.82) is 0 Å². The van der Waals surface area contributed by atoms with Crippen molar-refractivity contribution < 1.29 is 0 Å². The van der Waals surface area contributed by atoms with Crippen molar-refractivity contribution in [2.75, 3.05) is 0 Å². The molecule has 18 heavy (non-hydrogen) atoms. The maximum atomic E-state index is 3.61. The molecule has 3 rings (SSSR count). The third-order valence-corrected chi connectivity index (χ3v) is 5.07. The molecule has 2 aromatic rings. The van der Waals surface area contributed by atoms with Crippen molar-refractivity contribution in [1.82, 2.24) is 5.32 Å². The second kappa shape index (κ2) is 5.16. The van der Waals surface area contributed by atoms with E-state index in [0.29, 0.717) is 0 Å². The molecule has 1 N–H and O–H groups in total. The first-order valence-corrected chi connectivity index (χ1v) is 8.02. The van der Waals surface area contributed by atoms with Gasteiger partial charge in [-0.3, -0.25) is 0 Å². The SMILES string of the molecule is Cc1cc(CNC2CC2)ccc1-c1cscc1Br. The van der Waals surface area contributed by atoms with Crippen molar-refractivity contribution in [3.05, 3.63) is 44.6 Å². The van der Waals surface area contributed by atoms with Crippen LogP contribution in [-0.4, -0.2) is 6.04 Å². The Balaban J connectivity index is 1.82. The molecule has 0 spiro atoms. The van der Waals surface area contributed by atoms with E-state index in [-0.39, 0.29) is 0 Å². The summed E-state index contributed by atoms with van der Waals surface area (Å²) in [7, 11) is 0. The molecule has 0 saturated heterocycles. The monoisotopic (exact) mass is 321 g/mol.